The van der Waals surface area contributed by atoms with E-state index < -0.39 is 0 Å². The Kier molecular flexibility index (Phi) is 4.23. The van der Waals surface area contributed by atoms with Crippen molar-refractivity contribution in [3.8, 4) is 0 Å². The Morgan fingerprint density at radius 2 is 2.19 bits per heavy atom. The maximum atomic E-state index is 11.8. The molecule has 2 heterocycles. The second-order valence-electron chi connectivity index (χ2n) is 3.72. The summed E-state index contributed by atoms with van der Waals surface area (Å²) < 4.78 is 0.887. The fourth-order valence-corrected chi connectivity index (χ4v) is 2.95. The van der Waals surface area contributed by atoms with Crippen molar-refractivity contribution in [1.82, 2.24) is 10.3 Å². The number of rotatable bonds is 2. The second-order valence-corrected chi connectivity index (χ2v) is 5.86. The molecule has 1 N–H and O–H groups in total. The quantitative estimate of drug-likeness (QED) is 0.912. The average Bonchev–Trinajstić information content (AvgIpc) is 2.31. The largest absolute Gasteiger partial charge is 0.348 e. The van der Waals surface area contributed by atoms with Crippen LogP contribution in [0.3, 0.4) is 0 Å². The van der Waals surface area contributed by atoms with Gasteiger partial charge in [-0.3, -0.25) is 4.79 Å². The van der Waals surface area contributed by atoms with E-state index in [4.69, 9.17) is 0 Å². The van der Waals surface area contributed by atoms with Crippen LogP contribution in [0.1, 0.15) is 23.3 Å². The molecule has 1 aliphatic heterocycles. The van der Waals surface area contributed by atoms with Crippen LogP contribution in [0.5, 0.6) is 0 Å². The van der Waals surface area contributed by atoms with Crippen molar-refractivity contribution in [2.45, 2.75) is 18.9 Å². The number of amides is 1. The molecule has 2 rings (SSSR count). The number of hydrogen-bond acceptors (Lipinski definition) is 3. The Labute approximate surface area is 108 Å². The molecule has 0 bridgehead atoms. The molecule has 1 fully saturated rings. The Morgan fingerprint density at radius 3 is 2.81 bits per heavy atom. The highest BCUT2D eigenvalue weighted by molar-refractivity contribution is 9.10. The van der Waals surface area contributed by atoms with Gasteiger partial charge in [-0.2, -0.15) is 11.8 Å². The van der Waals surface area contributed by atoms with Crippen LogP contribution in [0.15, 0.2) is 22.8 Å². The van der Waals surface area contributed by atoms with Gasteiger partial charge in [0.25, 0.3) is 5.91 Å². The van der Waals surface area contributed by atoms with E-state index in [-0.39, 0.29) is 5.91 Å². The van der Waals surface area contributed by atoms with Crippen molar-refractivity contribution in [3.05, 3.63) is 28.5 Å². The number of carbonyl (C=O) groups is 1. The van der Waals surface area contributed by atoms with Crippen molar-refractivity contribution in [3.63, 3.8) is 0 Å². The molecule has 0 aliphatic carbocycles. The number of nitrogens with one attached hydrogen (secondary N) is 1. The van der Waals surface area contributed by atoms with Crippen LogP contribution >= 0.6 is 27.7 Å². The number of nitrogens with zero attached hydrogens (tertiary/aromatic N) is 1. The highest BCUT2D eigenvalue weighted by Crippen LogP contribution is 2.17. The molecule has 0 saturated carbocycles. The molecule has 1 amide bonds. The summed E-state index contributed by atoms with van der Waals surface area (Å²) in [6.45, 7) is 0. The van der Waals surface area contributed by atoms with Crippen molar-refractivity contribution in [1.29, 1.82) is 0 Å². The van der Waals surface area contributed by atoms with E-state index in [1.54, 1.807) is 12.3 Å². The van der Waals surface area contributed by atoms with Gasteiger partial charge >= 0.3 is 0 Å². The Morgan fingerprint density at radius 1 is 1.44 bits per heavy atom. The zero-order valence-electron chi connectivity index (χ0n) is 8.78. The van der Waals surface area contributed by atoms with Crippen LogP contribution in [0, 0.1) is 0 Å². The number of halogens is 1. The summed E-state index contributed by atoms with van der Waals surface area (Å²) in [5.41, 5.74) is 0.487. The Hall–Kier alpha value is -0.550. The van der Waals surface area contributed by atoms with Gasteiger partial charge in [0.05, 0.1) is 0 Å². The van der Waals surface area contributed by atoms with E-state index in [9.17, 15) is 4.79 Å². The van der Waals surface area contributed by atoms with Crippen LogP contribution in [-0.2, 0) is 0 Å². The Bertz CT molecular complexity index is 363. The molecule has 0 aromatic carbocycles. The molecule has 0 radical (unpaired) electrons. The zero-order valence-corrected chi connectivity index (χ0v) is 11.2. The molecule has 1 saturated heterocycles. The number of thioether (sulfide) groups is 1. The number of pyridine rings is 1. The lowest BCUT2D eigenvalue weighted by atomic mass is 10.1. The fourth-order valence-electron chi connectivity index (χ4n) is 1.61. The molecule has 1 aromatic heterocycles. The van der Waals surface area contributed by atoms with E-state index in [0.717, 1.165) is 28.8 Å². The molecule has 1 aliphatic rings. The smallest absolute Gasteiger partial charge is 0.270 e. The molecule has 0 spiro atoms. The van der Waals surface area contributed by atoms with Gasteiger partial charge in [0.1, 0.15) is 5.69 Å². The predicted molar refractivity (Wildman–Crippen MR) is 69.8 cm³/mol. The molecule has 0 atom stereocenters. The maximum absolute atomic E-state index is 11.8. The van der Waals surface area contributed by atoms with Crippen molar-refractivity contribution < 1.29 is 4.79 Å². The summed E-state index contributed by atoms with van der Waals surface area (Å²) in [7, 11) is 0. The van der Waals surface area contributed by atoms with Crippen molar-refractivity contribution in [2.24, 2.45) is 0 Å². The van der Waals surface area contributed by atoms with Crippen LogP contribution < -0.4 is 5.32 Å². The average molecular weight is 301 g/mol. The van der Waals surface area contributed by atoms with Crippen LogP contribution in [0.4, 0.5) is 0 Å². The lowest BCUT2D eigenvalue weighted by molar-refractivity contribution is 0.0930. The van der Waals surface area contributed by atoms with Crippen molar-refractivity contribution >= 4 is 33.6 Å². The third-order valence-corrected chi connectivity index (χ3v) is 4.03. The highest BCUT2D eigenvalue weighted by atomic mass is 79.9. The minimum atomic E-state index is -0.0654. The number of aromatic nitrogens is 1. The predicted octanol–water partition coefficient (Wildman–Crippen LogP) is 2.47. The van der Waals surface area contributed by atoms with E-state index in [1.807, 2.05) is 17.8 Å². The summed E-state index contributed by atoms with van der Waals surface area (Å²) in [5, 5.41) is 3.02. The summed E-state index contributed by atoms with van der Waals surface area (Å²) in [4.78, 5) is 15.9. The highest BCUT2D eigenvalue weighted by Gasteiger charge is 2.17. The third-order valence-electron chi connectivity index (χ3n) is 2.52. The summed E-state index contributed by atoms with van der Waals surface area (Å²) in [6, 6.07) is 3.88. The van der Waals surface area contributed by atoms with Gasteiger partial charge in [-0.25, -0.2) is 4.98 Å². The Balaban J connectivity index is 1.94. The van der Waals surface area contributed by atoms with Gasteiger partial charge in [0, 0.05) is 16.7 Å². The molecular weight excluding hydrogens is 288 g/mol. The first-order valence-corrected chi connectivity index (χ1v) is 7.20. The monoisotopic (exact) mass is 300 g/mol. The van der Waals surface area contributed by atoms with Crippen LogP contribution in [0.25, 0.3) is 0 Å². The van der Waals surface area contributed by atoms with Gasteiger partial charge in [0.15, 0.2) is 0 Å². The molecule has 3 nitrogen and oxygen atoms in total. The van der Waals surface area contributed by atoms with E-state index in [0.29, 0.717) is 11.7 Å². The van der Waals surface area contributed by atoms with E-state index in [1.165, 1.54) is 0 Å². The summed E-state index contributed by atoms with van der Waals surface area (Å²) in [6.07, 6.45) is 3.77. The zero-order chi connectivity index (χ0) is 11.4. The summed E-state index contributed by atoms with van der Waals surface area (Å²) >= 11 is 5.25. The second kappa shape index (κ2) is 5.68. The molecule has 86 valence electrons. The van der Waals surface area contributed by atoms with E-state index in [2.05, 4.69) is 26.2 Å². The third kappa shape index (κ3) is 3.22. The van der Waals surface area contributed by atoms with Gasteiger partial charge in [0.2, 0.25) is 0 Å². The lowest BCUT2D eigenvalue weighted by Gasteiger charge is -2.22. The minimum Gasteiger partial charge on any atom is -0.348 e. The van der Waals surface area contributed by atoms with Crippen LogP contribution in [0.2, 0.25) is 0 Å². The molecule has 5 heteroatoms. The van der Waals surface area contributed by atoms with Gasteiger partial charge in [-0.1, -0.05) is 0 Å². The lowest BCUT2D eigenvalue weighted by Crippen LogP contribution is -2.37. The standard InChI is InChI=1S/C11H13BrN2OS/c12-8-1-2-10(13-7-8)11(15)14-9-3-5-16-6-4-9/h1-2,7,9H,3-6H2,(H,14,15). The van der Waals surface area contributed by atoms with Gasteiger partial charge in [-0.05, 0) is 52.4 Å². The topological polar surface area (TPSA) is 42.0 Å². The number of hydrogen-bond donors (Lipinski definition) is 1. The molecule has 16 heavy (non-hydrogen) atoms. The SMILES string of the molecule is O=C(NC1CCSCC1)c1ccc(Br)cn1. The maximum Gasteiger partial charge on any atom is 0.270 e. The first kappa shape index (κ1) is 11.9. The van der Waals surface area contributed by atoms with Gasteiger partial charge < -0.3 is 5.32 Å². The summed E-state index contributed by atoms with van der Waals surface area (Å²) in [5.74, 6) is 2.21. The van der Waals surface area contributed by atoms with Crippen molar-refractivity contribution in [2.75, 3.05) is 11.5 Å². The molecule has 1 aromatic rings. The van der Waals surface area contributed by atoms with E-state index >= 15 is 0 Å². The van der Waals surface area contributed by atoms with Gasteiger partial charge in [-0.15, -0.1) is 0 Å². The molecule has 0 unspecified atom stereocenters. The minimum absolute atomic E-state index is 0.0654. The first-order valence-electron chi connectivity index (χ1n) is 5.26. The van der Waals surface area contributed by atoms with Crippen LogP contribution in [-0.4, -0.2) is 28.4 Å². The molecular formula is C11H13BrN2OS. The number of carbonyl (C=O) groups excluding carboxylic acids is 1. The normalized spacial score (nSPS) is 17.1. The first-order chi connectivity index (χ1) is 7.75. The fraction of sp³-hybridized carbons (Fsp3) is 0.455.